The zero-order chi connectivity index (χ0) is 11.3. The normalized spacial score (nSPS) is 12.8. The molecule has 1 unspecified atom stereocenters. The highest BCUT2D eigenvalue weighted by atomic mass is 19.1. The van der Waals surface area contributed by atoms with E-state index in [1.165, 1.54) is 6.07 Å². The summed E-state index contributed by atoms with van der Waals surface area (Å²) >= 11 is 0. The fraction of sp³-hybridized carbons (Fsp3) is 0.500. The molecule has 0 aliphatic rings. The molecule has 0 fully saturated rings. The van der Waals surface area contributed by atoms with Crippen LogP contribution >= 0.6 is 0 Å². The molecule has 0 aliphatic carbocycles. The zero-order valence-corrected chi connectivity index (χ0v) is 9.29. The topological polar surface area (TPSA) is 35.2 Å². The lowest BCUT2D eigenvalue weighted by molar-refractivity contribution is 0.0942. The lowest BCUT2D eigenvalue weighted by Crippen LogP contribution is -2.06. The van der Waals surface area contributed by atoms with E-state index in [1.54, 1.807) is 20.1 Å². The first-order valence-electron chi connectivity index (χ1n) is 5.18. The van der Waals surface area contributed by atoms with Gasteiger partial charge in [-0.1, -0.05) is 12.1 Å². The monoisotopic (exact) mass is 211 g/mol. The molecular formula is C12H18FNO. The van der Waals surface area contributed by atoms with Crippen LogP contribution in [0.3, 0.4) is 0 Å². The molecule has 2 nitrogen and oxygen atoms in total. The zero-order valence-electron chi connectivity index (χ0n) is 9.29. The van der Waals surface area contributed by atoms with Crippen LogP contribution in [0.5, 0.6) is 0 Å². The van der Waals surface area contributed by atoms with Crippen LogP contribution in [-0.2, 0) is 4.74 Å². The van der Waals surface area contributed by atoms with Crippen molar-refractivity contribution in [2.75, 3.05) is 13.7 Å². The Hall–Kier alpha value is -0.930. The quantitative estimate of drug-likeness (QED) is 0.812. The molecule has 0 heterocycles. The number of rotatable bonds is 5. The van der Waals surface area contributed by atoms with Crippen molar-refractivity contribution < 1.29 is 9.13 Å². The predicted molar refractivity (Wildman–Crippen MR) is 59.2 cm³/mol. The van der Waals surface area contributed by atoms with Crippen LogP contribution in [0.2, 0.25) is 0 Å². The number of halogens is 1. The van der Waals surface area contributed by atoms with Gasteiger partial charge in [0.2, 0.25) is 0 Å². The Morgan fingerprint density at radius 2 is 2.20 bits per heavy atom. The molecule has 1 aromatic rings. The summed E-state index contributed by atoms with van der Waals surface area (Å²) in [7, 11) is 1.67. The van der Waals surface area contributed by atoms with Gasteiger partial charge in [-0.25, -0.2) is 4.39 Å². The fourth-order valence-corrected chi connectivity index (χ4v) is 1.59. The van der Waals surface area contributed by atoms with E-state index < -0.39 is 0 Å². The lowest BCUT2D eigenvalue weighted by atomic mass is 10.0. The fourth-order valence-electron chi connectivity index (χ4n) is 1.59. The van der Waals surface area contributed by atoms with Crippen LogP contribution in [0.4, 0.5) is 4.39 Å². The smallest absolute Gasteiger partial charge is 0.126 e. The highest BCUT2D eigenvalue weighted by Crippen LogP contribution is 2.23. The first-order chi connectivity index (χ1) is 7.19. The average molecular weight is 211 g/mol. The Balaban J connectivity index is 2.78. The summed E-state index contributed by atoms with van der Waals surface area (Å²) in [5, 5.41) is 0. The molecule has 0 spiro atoms. The Morgan fingerprint density at radius 3 is 2.73 bits per heavy atom. The van der Waals surface area contributed by atoms with Crippen LogP contribution < -0.4 is 5.73 Å². The number of aryl methyl sites for hydroxylation is 1. The van der Waals surface area contributed by atoms with Gasteiger partial charge in [0.15, 0.2) is 0 Å². The summed E-state index contributed by atoms with van der Waals surface area (Å²) in [4.78, 5) is 0. The molecule has 0 saturated carbocycles. The van der Waals surface area contributed by atoms with Gasteiger partial charge in [-0.3, -0.25) is 0 Å². The van der Waals surface area contributed by atoms with E-state index in [0.29, 0.717) is 12.1 Å². The minimum absolute atomic E-state index is 0.0212. The number of hydrogen-bond donors (Lipinski definition) is 1. The first-order valence-corrected chi connectivity index (χ1v) is 5.18. The van der Waals surface area contributed by atoms with Gasteiger partial charge >= 0.3 is 0 Å². The third-order valence-electron chi connectivity index (χ3n) is 2.51. The van der Waals surface area contributed by atoms with E-state index >= 15 is 0 Å². The van der Waals surface area contributed by atoms with Crippen molar-refractivity contribution in [3.05, 3.63) is 35.1 Å². The molecule has 84 valence electrons. The maximum atomic E-state index is 13.1. The van der Waals surface area contributed by atoms with Crippen LogP contribution in [0.15, 0.2) is 18.2 Å². The molecule has 0 radical (unpaired) electrons. The maximum Gasteiger partial charge on any atom is 0.126 e. The number of nitrogens with two attached hydrogens (primary N) is 1. The van der Waals surface area contributed by atoms with Gasteiger partial charge in [0.1, 0.15) is 5.82 Å². The number of hydrogen-bond acceptors (Lipinski definition) is 2. The lowest BCUT2D eigenvalue weighted by Gasteiger charge is -2.15. The van der Waals surface area contributed by atoms with Gasteiger partial charge in [-0.15, -0.1) is 0 Å². The summed E-state index contributed by atoms with van der Waals surface area (Å²) in [6.45, 7) is 2.41. The number of ether oxygens (including phenoxy) is 1. The van der Waals surface area contributed by atoms with Crippen molar-refractivity contribution in [2.24, 2.45) is 5.73 Å². The van der Waals surface area contributed by atoms with Gasteiger partial charge in [0.05, 0.1) is 6.10 Å². The second kappa shape index (κ2) is 5.83. The van der Waals surface area contributed by atoms with Crippen molar-refractivity contribution in [3.8, 4) is 0 Å². The van der Waals surface area contributed by atoms with Gasteiger partial charge in [-0.05, 0) is 43.5 Å². The summed E-state index contributed by atoms with van der Waals surface area (Å²) in [5.74, 6) is -0.174. The van der Waals surface area contributed by atoms with E-state index in [0.717, 1.165) is 18.4 Å². The van der Waals surface area contributed by atoms with Gasteiger partial charge in [0.25, 0.3) is 0 Å². The second-order valence-electron chi connectivity index (χ2n) is 3.66. The van der Waals surface area contributed by atoms with E-state index in [-0.39, 0.29) is 11.9 Å². The molecule has 0 aliphatic heterocycles. The molecule has 2 N–H and O–H groups in total. The van der Waals surface area contributed by atoms with Crippen molar-refractivity contribution >= 4 is 0 Å². The molecule has 0 bridgehead atoms. The minimum atomic E-state index is -0.174. The molecule has 1 atom stereocenters. The van der Waals surface area contributed by atoms with Gasteiger partial charge in [0, 0.05) is 7.11 Å². The third-order valence-corrected chi connectivity index (χ3v) is 2.51. The molecule has 1 rings (SSSR count). The van der Waals surface area contributed by atoms with Crippen LogP contribution in [-0.4, -0.2) is 13.7 Å². The van der Waals surface area contributed by atoms with Crippen LogP contribution in [0.25, 0.3) is 0 Å². The summed E-state index contributed by atoms with van der Waals surface area (Å²) in [6, 6.07) is 5.09. The Labute approximate surface area is 90.2 Å². The molecule has 3 heteroatoms. The predicted octanol–water partition coefficient (Wildman–Crippen LogP) is 2.56. The standard InChI is InChI=1S/C12H18FNO/c1-9-8-10(5-6-11(9)13)12(15-2)4-3-7-14/h5-6,8,12H,3-4,7,14H2,1-2H3. The SMILES string of the molecule is COC(CCCN)c1ccc(F)c(C)c1. The van der Waals surface area contributed by atoms with Crippen molar-refractivity contribution in [2.45, 2.75) is 25.9 Å². The minimum Gasteiger partial charge on any atom is -0.377 e. The third kappa shape index (κ3) is 3.29. The number of methoxy groups -OCH3 is 1. The molecule has 1 aromatic carbocycles. The molecule has 0 saturated heterocycles. The molecule has 0 amide bonds. The molecule has 15 heavy (non-hydrogen) atoms. The van der Waals surface area contributed by atoms with E-state index in [1.807, 2.05) is 6.07 Å². The van der Waals surface area contributed by atoms with E-state index in [4.69, 9.17) is 10.5 Å². The molecular weight excluding hydrogens is 193 g/mol. The summed E-state index contributed by atoms with van der Waals surface area (Å²) in [6.07, 6.45) is 1.81. The van der Waals surface area contributed by atoms with Gasteiger partial charge in [-0.2, -0.15) is 0 Å². The first kappa shape index (κ1) is 12.1. The number of benzene rings is 1. The van der Waals surface area contributed by atoms with E-state index in [9.17, 15) is 4.39 Å². The summed E-state index contributed by atoms with van der Waals surface area (Å²) in [5.41, 5.74) is 7.12. The average Bonchev–Trinajstić information content (AvgIpc) is 2.24. The van der Waals surface area contributed by atoms with Crippen molar-refractivity contribution in [1.29, 1.82) is 0 Å². The second-order valence-corrected chi connectivity index (χ2v) is 3.66. The Morgan fingerprint density at radius 1 is 1.47 bits per heavy atom. The van der Waals surface area contributed by atoms with E-state index in [2.05, 4.69) is 0 Å². The summed E-state index contributed by atoms with van der Waals surface area (Å²) < 4.78 is 18.4. The molecule has 0 aromatic heterocycles. The Bertz CT molecular complexity index is 314. The largest absolute Gasteiger partial charge is 0.377 e. The van der Waals surface area contributed by atoms with Crippen molar-refractivity contribution in [3.63, 3.8) is 0 Å². The Kier molecular flexibility index (Phi) is 4.72. The van der Waals surface area contributed by atoms with Crippen LogP contribution in [0.1, 0.15) is 30.1 Å². The maximum absolute atomic E-state index is 13.1. The van der Waals surface area contributed by atoms with Crippen molar-refractivity contribution in [1.82, 2.24) is 0 Å². The highest BCUT2D eigenvalue weighted by molar-refractivity contribution is 5.25. The van der Waals surface area contributed by atoms with Crippen LogP contribution in [0, 0.1) is 12.7 Å². The highest BCUT2D eigenvalue weighted by Gasteiger charge is 2.10. The van der Waals surface area contributed by atoms with Gasteiger partial charge < -0.3 is 10.5 Å².